The Labute approximate surface area is 159 Å². The molecule has 7 nitrogen and oxygen atoms in total. The molecule has 0 saturated heterocycles. The van der Waals surface area contributed by atoms with E-state index < -0.39 is 15.9 Å². The predicted octanol–water partition coefficient (Wildman–Crippen LogP) is 1.69. The van der Waals surface area contributed by atoms with Gasteiger partial charge >= 0.3 is 0 Å². The van der Waals surface area contributed by atoms with Crippen LogP contribution < -0.4 is 14.4 Å². The van der Waals surface area contributed by atoms with E-state index in [0.29, 0.717) is 18.5 Å². The second kappa shape index (κ2) is 9.05. The van der Waals surface area contributed by atoms with Gasteiger partial charge in [0, 0.05) is 6.54 Å². The van der Waals surface area contributed by atoms with E-state index in [0.717, 1.165) is 21.9 Å². The van der Waals surface area contributed by atoms with Crippen LogP contribution in [-0.2, 0) is 21.2 Å². The molecule has 0 heterocycles. The molecule has 0 fully saturated rings. The predicted molar refractivity (Wildman–Crippen MR) is 103 cm³/mol. The molecule has 0 atom stereocenters. The average molecular weight is 387 g/mol. The van der Waals surface area contributed by atoms with E-state index in [1.807, 2.05) is 30.3 Å². The van der Waals surface area contributed by atoms with Gasteiger partial charge < -0.3 is 10.1 Å². The van der Waals surface area contributed by atoms with E-state index in [1.54, 1.807) is 25.3 Å². The number of nitrogens with zero attached hydrogens (tertiary/aromatic N) is 2. The van der Waals surface area contributed by atoms with Gasteiger partial charge in [-0.15, -0.1) is 0 Å². The molecule has 0 bridgehead atoms. The smallest absolute Gasteiger partial charge is 0.240 e. The Bertz CT molecular complexity index is 951. The molecule has 0 aromatic heterocycles. The first-order valence-electron chi connectivity index (χ1n) is 8.21. The summed E-state index contributed by atoms with van der Waals surface area (Å²) in [7, 11) is -2.10. The Morgan fingerprint density at radius 2 is 1.96 bits per heavy atom. The first-order valence-corrected chi connectivity index (χ1v) is 10.1. The molecule has 1 amide bonds. The maximum atomic E-state index is 12.3. The second-order valence-electron chi connectivity index (χ2n) is 5.84. The number of carbonyl (C=O) groups is 1. The maximum absolute atomic E-state index is 12.3. The summed E-state index contributed by atoms with van der Waals surface area (Å²) in [6.45, 7) is -0.0192. The molecule has 0 saturated carbocycles. The summed E-state index contributed by atoms with van der Waals surface area (Å²) >= 11 is 0. The zero-order chi connectivity index (χ0) is 19.9. The summed E-state index contributed by atoms with van der Waals surface area (Å²) in [4.78, 5) is 12.3. The lowest BCUT2D eigenvalue weighted by molar-refractivity contribution is -0.119. The van der Waals surface area contributed by atoms with Crippen LogP contribution in [0.2, 0.25) is 0 Å². The van der Waals surface area contributed by atoms with Crippen LogP contribution in [0, 0.1) is 11.3 Å². The minimum atomic E-state index is -3.68. The number of para-hydroxylation sites is 1. The zero-order valence-corrected chi connectivity index (χ0v) is 16.0. The highest BCUT2D eigenvalue weighted by molar-refractivity contribution is 7.92. The molecule has 0 aliphatic heterocycles. The Balaban J connectivity index is 2.03. The van der Waals surface area contributed by atoms with Crippen molar-refractivity contribution in [2.24, 2.45) is 0 Å². The van der Waals surface area contributed by atoms with Gasteiger partial charge in [-0.25, -0.2) is 8.42 Å². The van der Waals surface area contributed by atoms with E-state index >= 15 is 0 Å². The van der Waals surface area contributed by atoms with Gasteiger partial charge in [0.25, 0.3) is 0 Å². The highest BCUT2D eigenvalue weighted by atomic mass is 32.2. The Kier molecular flexibility index (Phi) is 6.79. The normalized spacial score (nSPS) is 10.7. The number of hydrogen-bond acceptors (Lipinski definition) is 5. The molecule has 142 valence electrons. The van der Waals surface area contributed by atoms with Crippen molar-refractivity contribution in [2.45, 2.75) is 6.42 Å². The summed E-state index contributed by atoms with van der Waals surface area (Å²) in [5.41, 5.74) is 1.54. The molecule has 2 aromatic rings. The van der Waals surface area contributed by atoms with Gasteiger partial charge in [-0.1, -0.05) is 24.3 Å². The minimum absolute atomic E-state index is 0.274. The van der Waals surface area contributed by atoms with Crippen molar-refractivity contribution in [1.29, 1.82) is 5.26 Å². The lowest BCUT2D eigenvalue weighted by Crippen LogP contribution is -2.41. The third kappa shape index (κ3) is 5.72. The molecule has 0 aliphatic rings. The summed E-state index contributed by atoms with van der Waals surface area (Å²) < 4.78 is 30.4. The molecule has 1 N–H and O–H groups in total. The van der Waals surface area contributed by atoms with Crippen LogP contribution in [0.5, 0.6) is 5.75 Å². The average Bonchev–Trinajstić information content (AvgIpc) is 2.65. The number of methoxy groups -OCH3 is 1. The fourth-order valence-corrected chi connectivity index (χ4v) is 3.41. The van der Waals surface area contributed by atoms with E-state index in [1.165, 1.54) is 6.07 Å². The number of benzene rings is 2. The number of amides is 1. The lowest BCUT2D eigenvalue weighted by atomic mass is 10.1. The fourth-order valence-electron chi connectivity index (χ4n) is 2.56. The first kappa shape index (κ1) is 20.3. The molecule has 2 rings (SSSR count). The number of carbonyl (C=O) groups excluding carboxylic acids is 1. The third-order valence-corrected chi connectivity index (χ3v) is 5.00. The summed E-state index contributed by atoms with van der Waals surface area (Å²) in [5, 5.41) is 11.7. The van der Waals surface area contributed by atoms with Crippen LogP contribution in [0.15, 0.2) is 48.5 Å². The molecule has 0 spiro atoms. The van der Waals surface area contributed by atoms with E-state index in [-0.39, 0.29) is 12.2 Å². The lowest BCUT2D eigenvalue weighted by Gasteiger charge is -2.22. The van der Waals surface area contributed by atoms with Crippen LogP contribution in [-0.4, -0.2) is 40.8 Å². The Hall–Kier alpha value is -3.05. The standard InChI is InChI=1S/C19H21N3O4S/c1-26-18-9-4-3-7-16(18)10-11-21-19(23)14-22(27(2,24)25)17-8-5-6-15(12-17)13-20/h3-9,12H,10-11,14H2,1-2H3,(H,21,23). The van der Waals surface area contributed by atoms with Crippen molar-refractivity contribution in [3.05, 3.63) is 59.7 Å². The third-order valence-electron chi connectivity index (χ3n) is 3.86. The molecule has 27 heavy (non-hydrogen) atoms. The van der Waals surface area contributed by atoms with Gasteiger partial charge in [-0.3, -0.25) is 9.10 Å². The quantitative estimate of drug-likeness (QED) is 0.743. The van der Waals surface area contributed by atoms with Crippen LogP contribution in [0.25, 0.3) is 0 Å². The van der Waals surface area contributed by atoms with Crippen LogP contribution in [0.3, 0.4) is 0 Å². The Morgan fingerprint density at radius 1 is 1.22 bits per heavy atom. The van der Waals surface area contributed by atoms with Crippen molar-refractivity contribution in [3.8, 4) is 11.8 Å². The molecule has 2 aromatic carbocycles. The first-order chi connectivity index (χ1) is 12.8. The minimum Gasteiger partial charge on any atom is -0.496 e. The van der Waals surface area contributed by atoms with Crippen molar-refractivity contribution in [1.82, 2.24) is 5.32 Å². The van der Waals surface area contributed by atoms with Crippen LogP contribution in [0.4, 0.5) is 5.69 Å². The molecule has 8 heteroatoms. The van der Waals surface area contributed by atoms with E-state index in [9.17, 15) is 13.2 Å². The zero-order valence-electron chi connectivity index (χ0n) is 15.2. The summed E-state index contributed by atoms with van der Waals surface area (Å²) in [6, 6.07) is 15.6. The highest BCUT2D eigenvalue weighted by Gasteiger charge is 2.21. The molecule has 0 aliphatic carbocycles. The van der Waals surface area contributed by atoms with E-state index in [2.05, 4.69) is 5.32 Å². The largest absolute Gasteiger partial charge is 0.496 e. The SMILES string of the molecule is COc1ccccc1CCNC(=O)CN(c1cccc(C#N)c1)S(C)(=O)=O. The van der Waals surface area contributed by atoms with Gasteiger partial charge in [0.15, 0.2) is 0 Å². The summed E-state index contributed by atoms with van der Waals surface area (Å²) in [6.07, 6.45) is 1.58. The van der Waals surface area contributed by atoms with Gasteiger partial charge in [0.1, 0.15) is 12.3 Å². The fraction of sp³-hybridized carbons (Fsp3) is 0.263. The number of rotatable bonds is 8. The monoisotopic (exact) mass is 387 g/mol. The van der Waals surface area contributed by atoms with Crippen LogP contribution >= 0.6 is 0 Å². The second-order valence-corrected chi connectivity index (χ2v) is 7.75. The number of anilines is 1. The maximum Gasteiger partial charge on any atom is 0.240 e. The molecule has 0 unspecified atom stereocenters. The number of ether oxygens (including phenoxy) is 1. The van der Waals surface area contributed by atoms with Crippen LogP contribution in [0.1, 0.15) is 11.1 Å². The van der Waals surface area contributed by atoms with Crippen molar-refractivity contribution < 1.29 is 17.9 Å². The number of hydrogen-bond donors (Lipinski definition) is 1. The summed E-state index contributed by atoms with van der Waals surface area (Å²) in [5.74, 6) is 0.301. The van der Waals surface area contributed by atoms with Gasteiger partial charge in [-0.05, 0) is 36.2 Å². The van der Waals surface area contributed by atoms with Crippen molar-refractivity contribution >= 4 is 21.6 Å². The molecular weight excluding hydrogens is 366 g/mol. The highest BCUT2D eigenvalue weighted by Crippen LogP contribution is 2.19. The van der Waals surface area contributed by atoms with Crippen molar-refractivity contribution in [2.75, 3.05) is 30.8 Å². The van der Waals surface area contributed by atoms with Gasteiger partial charge in [-0.2, -0.15) is 5.26 Å². The van der Waals surface area contributed by atoms with Gasteiger partial charge in [0.05, 0.1) is 30.7 Å². The van der Waals surface area contributed by atoms with E-state index in [4.69, 9.17) is 10.00 Å². The molecule has 0 radical (unpaired) electrons. The molecular formula is C19H21N3O4S. The topological polar surface area (TPSA) is 99.5 Å². The van der Waals surface area contributed by atoms with Gasteiger partial charge in [0.2, 0.25) is 15.9 Å². The Morgan fingerprint density at radius 3 is 2.63 bits per heavy atom. The number of nitrogens with one attached hydrogen (secondary N) is 1. The number of nitriles is 1. The van der Waals surface area contributed by atoms with Crippen molar-refractivity contribution in [3.63, 3.8) is 0 Å². The number of sulfonamides is 1.